The van der Waals surface area contributed by atoms with Gasteiger partial charge >= 0.3 is 0 Å². The molecule has 2 atom stereocenters. The molecule has 3 nitrogen and oxygen atoms in total. The topological polar surface area (TPSA) is 45.4 Å². The highest BCUT2D eigenvalue weighted by molar-refractivity contribution is 5.25. The van der Waals surface area contributed by atoms with E-state index >= 15 is 0 Å². The second-order valence-corrected chi connectivity index (χ2v) is 5.61. The molecule has 108 valence electrons. The maximum absolute atomic E-state index is 10.6. The molecular formula is C17H23NO2. The highest BCUT2D eigenvalue weighted by Gasteiger charge is 2.24. The van der Waals surface area contributed by atoms with Gasteiger partial charge in [0.25, 0.3) is 0 Å². The standard InChI is InChI=1S/C17H23NO2/c1-12-10-16(14(3)20-12)13(2)18-11-17(4,19)15-8-6-5-7-9-15/h5-10,13,18-19H,11H2,1-4H3. The number of aryl methyl sites for hydroxylation is 2. The van der Waals surface area contributed by atoms with Crippen molar-refractivity contribution in [1.82, 2.24) is 5.32 Å². The quantitative estimate of drug-likeness (QED) is 0.877. The van der Waals surface area contributed by atoms with Crippen LogP contribution in [0.2, 0.25) is 0 Å². The number of hydrogen-bond acceptors (Lipinski definition) is 3. The molecule has 0 saturated carbocycles. The molecule has 0 aliphatic rings. The molecule has 2 N–H and O–H groups in total. The van der Waals surface area contributed by atoms with Crippen LogP contribution in [-0.2, 0) is 5.60 Å². The van der Waals surface area contributed by atoms with Crippen LogP contribution in [0.1, 0.15) is 42.5 Å². The van der Waals surface area contributed by atoms with E-state index in [2.05, 4.69) is 12.2 Å². The van der Waals surface area contributed by atoms with Crippen LogP contribution in [-0.4, -0.2) is 11.7 Å². The third-order valence-corrected chi connectivity index (χ3v) is 3.69. The van der Waals surface area contributed by atoms with Crippen molar-refractivity contribution in [2.75, 3.05) is 6.54 Å². The summed E-state index contributed by atoms with van der Waals surface area (Å²) in [5.74, 6) is 1.85. The zero-order valence-corrected chi connectivity index (χ0v) is 12.6. The first kappa shape index (κ1) is 14.8. The number of benzene rings is 1. The first-order valence-corrected chi connectivity index (χ1v) is 6.98. The van der Waals surface area contributed by atoms with Gasteiger partial charge in [-0.3, -0.25) is 0 Å². The lowest BCUT2D eigenvalue weighted by atomic mass is 9.95. The Hall–Kier alpha value is -1.58. The molecule has 1 aromatic heterocycles. The molecule has 0 amide bonds. The first-order valence-electron chi connectivity index (χ1n) is 6.98. The van der Waals surface area contributed by atoms with Crippen LogP contribution in [0.25, 0.3) is 0 Å². The summed E-state index contributed by atoms with van der Waals surface area (Å²) in [6.45, 7) is 8.31. The van der Waals surface area contributed by atoms with Crippen LogP contribution in [0, 0.1) is 13.8 Å². The number of rotatable bonds is 5. The largest absolute Gasteiger partial charge is 0.466 e. The first-order chi connectivity index (χ1) is 9.40. The van der Waals surface area contributed by atoms with Gasteiger partial charge in [-0.2, -0.15) is 0 Å². The Morgan fingerprint density at radius 2 is 1.90 bits per heavy atom. The van der Waals surface area contributed by atoms with Crippen LogP contribution in [0.15, 0.2) is 40.8 Å². The molecule has 1 aromatic carbocycles. The molecule has 0 fully saturated rings. The molecule has 2 unspecified atom stereocenters. The van der Waals surface area contributed by atoms with Crippen molar-refractivity contribution in [3.05, 3.63) is 59.0 Å². The van der Waals surface area contributed by atoms with Crippen LogP contribution < -0.4 is 5.32 Å². The van der Waals surface area contributed by atoms with Crippen LogP contribution >= 0.6 is 0 Å². The van der Waals surface area contributed by atoms with Gasteiger partial charge < -0.3 is 14.8 Å². The van der Waals surface area contributed by atoms with Crippen molar-refractivity contribution >= 4 is 0 Å². The second kappa shape index (κ2) is 5.81. The average Bonchev–Trinajstić information content (AvgIpc) is 2.76. The van der Waals surface area contributed by atoms with Gasteiger partial charge in [0, 0.05) is 18.2 Å². The van der Waals surface area contributed by atoms with Crippen LogP contribution in [0.4, 0.5) is 0 Å². The summed E-state index contributed by atoms with van der Waals surface area (Å²) >= 11 is 0. The molecule has 0 aliphatic heterocycles. The zero-order chi connectivity index (χ0) is 14.8. The van der Waals surface area contributed by atoms with Crippen molar-refractivity contribution in [2.45, 2.75) is 39.3 Å². The van der Waals surface area contributed by atoms with E-state index in [1.807, 2.05) is 57.2 Å². The van der Waals surface area contributed by atoms with Crippen molar-refractivity contribution in [2.24, 2.45) is 0 Å². The highest BCUT2D eigenvalue weighted by atomic mass is 16.3. The van der Waals surface area contributed by atoms with Gasteiger partial charge in [0.1, 0.15) is 11.5 Å². The van der Waals surface area contributed by atoms with Gasteiger partial charge in [0.15, 0.2) is 0 Å². The molecule has 20 heavy (non-hydrogen) atoms. The lowest BCUT2D eigenvalue weighted by molar-refractivity contribution is 0.0543. The molecule has 1 heterocycles. The number of furan rings is 1. The summed E-state index contributed by atoms with van der Waals surface area (Å²) in [7, 11) is 0. The van der Waals surface area contributed by atoms with E-state index in [0.29, 0.717) is 6.54 Å². The van der Waals surface area contributed by atoms with E-state index in [4.69, 9.17) is 4.42 Å². The monoisotopic (exact) mass is 273 g/mol. The molecule has 0 radical (unpaired) electrons. The highest BCUT2D eigenvalue weighted by Crippen LogP contribution is 2.24. The van der Waals surface area contributed by atoms with Crippen molar-refractivity contribution in [1.29, 1.82) is 0 Å². The molecule has 0 bridgehead atoms. The summed E-state index contributed by atoms with van der Waals surface area (Å²) in [6, 6.07) is 11.9. The summed E-state index contributed by atoms with van der Waals surface area (Å²) < 4.78 is 5.55. The van der Waals surface area contributed by atoms with Gasteiger partial charge in [-0.15, -0.1) is 0 Å². The van der Waals surface area contributed by atoms with E-state index in [1.54, 1.807) is 0 Å². The number of hydrogen-bond donors (Lipinski definition) is 2. The smallest absolute Gasteiger partial charge is 0.105 e. The van der Waals surface area contributed by atoms with E-state index in [1.165, 1.54) is 0 Å². The molecule has 2 rings (SSSR count). The van der Waals surface area contributed by atoms with Crippen molar-refractivity contribution in [3.8, 4) is 0 Å². The minimum absolute atomic E-state index is 0.141. The van der Waals surface area contributed by atoms with Crippen molar-refractivity contribution in [3.63, 3.8) is 0 Å². The van der Waals surface area contributed by atoms with E-state index in [9.17, 15) is 5.11 Å². The average molecular weight is 273 g/mol. The molecule has 0 spiro atoms. The van der Waals surface area contributed by atoms with Gasteiger partial charge in [-0.25, -0.2) is 0 Å². The van der Waals surface area contributed by atoms with Gasteiger partial charge in [-0.05, 0) is 39.3 Å². The summed E-state index contributed by atoms with van der Waals surface area (Å²) in [5.41, 5.74) is 1.17. The predicted octanol–water partition coefficient (Wildman–Crippen LogP) is 3.45. The molecule has 2 aromatic rings. The van der Waals surface area contributed by atoms with Crippen LogP contribution in [0.5, 0.6) is 0 Å². The molecule has 0 aliphatic carbocycles. The van der Waals surface area contributed by atoms with E-state index < -0.39 is 5.60 Å². The fourth-order valence-corrected chi connectivity index (χ4v) is 2.44. The number of nitrogens with one attached hydrogen (secondary N) is 1. The second-order valence-electron chi connectivity index (χ2n) is 5.61. The van der Waals surface area contributed by atoms with Gasteiger partial charge in [0.2, 0.25) is 0 Å². The Morgan fingerprint density at radius 1 is 1.25 bits per heavy atom. The molecule has 0 saturated heterocycles. The normalized spacial score (nSPS) is 15.8. The predicted molar refractivity (Wildman–Crippen MR) is 80.6 cm³/mol. The van der Waals surface area contributed by atoms with E-state index in [0.717, 1.165) is 22.6 Å². The minimum atomic E-state index is -0.887. The zero-order valence-electron chi connectivity index (χ0n) is 12.6. The lowest BCUT2D eigenvalue weighted by Crippen LogP contribution is -2.36. The van der Waals surface area contributed by atoms with Crippen LogP contribution in [0.3, 0.4) is 0 Å². The van der Waals surface area contributed by atoms with E-state index in [-0.39, 0.29) is 6.04 Å². The third-order valence-electron chi connectivity index (χ3n) is 3.69. The molecular weight excluding hydrogens is 250 g/mol. The Kier molecular flexibility index (Phi) is 4.31. The SMILES string of the molecule is Cc1cc(C(C)NCC(C)(O)c2ccccc2)c(C)o1. The Labute approximate surface area is 120 Å². The molecule has 3 heteroatoms. The Bertz CT molecular complexity index is 558. The Balaban J connectivity index is 2.03. The number of aliphatic hydroxyl groups is 1. The Morgan fingerprint density at radius 3 is 2.45 bits per heavy atom. The summed E-state index contributed by atoms with van der Waals surface area (Å²) in [4.78, 5) is 0. The van der Waals surface area contributed by atoms with Gasteiger partial charge in [-0.1, -0.05) is 30.3 Å². The van der Waals surface area contributed by atoms with Gasteiger partial charge in [0.05, 0.1) is 5.60 Å². The fourth-order valence-electron chi connectivity index (χ4n) is 2.44. The summed E-state index contributed by atoms with van der Waals surface area (Å²) in [5, 5.41) is 14.0. The maximum Gasteiger partial charge on any atom is 0.105 e. The minimum Gasteiger partial charge on any atom is -0.466 e. The lowest BCUT2D eigenvalue weighted by Gasteiger charge is -2.26. The third kappa shape index (κ3) is 3.30. The summed E-state index contributed by atoms with van der Waals surface area (Å²) in [6.07, 6.45) is 0. The maximum atomic E-state index is 10.6. The fraction of sp³-hybridized carbons (Fsp3) is 0.412. The van der Waals surface area contributed by atoms with Crippen molar-refractivity contribution < 1.29 is 9.52 Å².